The van der Waals surface area contributed by atoms with E-state index in [1.54, 1.807) is 0 Å². The van der Waals surface area contributed by atoms with Gasteiger partial charge in [-0.05, 0) is 41.5 Å². The molecule has 5 N–H and O–H groups in total. The molecule has 0 unspecified atom stereocenters. The number of aromatic nitrogens is 8. The van der Waals surface area contributed by atoms with Crippen LogP contribution < -0.4 is 16.0 Å². The van der Waals surface area contributed by atoms with Crippen LogP contribution in [0.5, 0.6) is 0 Å². The molecule has 0 saturated carbocycles. The van der Waals surface area contributed by atoms with Gasteiger partial charge in [-0.1, -0.05) is 91.0 Å². The molecule has 11 heteroatoms. The zero-order valence-corrected chi connectivity index (χ0v) is 30.6. The van der Waals surface area contributed by atoms with Gasteiger partial charge in [0.2, 0.25) is 0 Å². The molecule has 8 bridgehead atoms. The fourth-order valence-electron chi connectivity index (χ4n) is 7.66. The molecule has 9 rings (SSSR count). The van der Waals surface area contributed by atoms with Gasteiger partial charge in [0, 0.05) is 67.5 Å². The van der Waals surface area contributed by atoms with Crippen LogP contribution in [0, 0.1) is 0 Å². The third kappa shape index (κ3) is 5.64. The summed E-state index contributed by atoms with van der Waals surface area (Å²) in [5, 5.41) is 15.3. The molecule has 0 spiro atoms. The minimum Gasteiger partial charge on any atom is -0.324 e. The lowest BCUT2D eigenvalue weighted by molar-refractivity contribution is 0.156. The number of H-pyrrole nitrogens is 2. The molecule has 53 heavy (non-hydrogen) atoms. The highest BCUT2D eigenvalue weighted by Crippen LogP contribution is 2.38. The van der Waals surface area contributed by atoms with Crippen LogP contribution in [0.1, 0.15) is 47.1 Å². The molecule has 2 aliphatic rings. The summed E-state index contributed by atoms with van der Waals surface area (Å²) in [5.74, 6) is 1.46. The van der Waals surface area contributed by atoms with Crippen molar-refractivity contribution in [2.75, 3.05) is 0 Å². The Morgan fingerprint density at radius 1 is 0.415 bits per heavy atom. The lowest BCUT2D eigenvalue weighted by Gasteiger charge is -2.42. The van der Waals surface area contributed by atoms with Gasteiger partial charge in [0.1, 0.15) is 22.6 Å². The van der Waals surface area contributed by atoms with Gasteiger partial charge in [-0.15, -0.1) is 0 Å². The summed E-state index contributed by atoms with van der Waals surface area (Å²) in [6.07, 6.45) is 0. The fourth-order valence-corrected chi connectivity index (χ4v) is 7.66. The molecule has 0 atom stereocenters. The summed E-state index contributed by atoms with van der Waals surface area (Å²) in [5.41, 5.74) is 7.21. The summed E-state index contributed by atoms with van der Waals surface area (Å²) in [7, 11) is 0. The van der Waals surface area contributed by atoms with Gasteiger partial charge >= 0.3 is 0 Å². The number of benzene rings is 4. The number of aromatic amines is 2. The molecule has 7 aromatic rings. The van der Waals surface area contributed by atoms with Crippen molar-refractivity contribution in [1.29, 1.82) is 0 Å². The first-order valence-electron chi connectivity index (χ1n) is 18.2. The largest absolute Gasteiger partial charge is 0.324 e. The van der Waals surface area contributed by atoms with Crippen LogP contribution in [0.25, 0.3) is 89.7 Å². The molecule has 0 radical (unpaired) electrons. The smallest absolute Gasteiger partial charge is 0.164 e. The number of fused-ring (bicyclic) bond motifs is 20. The van der Waals surface area contributed by atoms with Crippen LogP contribution in [-0.4, -0.2) is 58.0 Å². The highest BCUT2D eigenvalue weighted by atomic mass is 15.4. The molecular formula is C42H41N11. The van der Waals surface area contributed by atoms with Crippen molar-refractivity contribution in [3.8, 4) is 45.6 Å². The Morgan fingerprint density at radius 3 is 1.21 bits per heavy atom. The van der Waals surface area contributed by atoms with E-state index in [9.17, 15) is 0 Å². The minimum absolute atomic E-state index is 0.136. The quantitative estimate of drug-likeness (QED) is 0.105. The van der Waals surface area contributed by atoms with E-state index >= 15 is 0 Å². The number of nitrogens with one attached hydrogen (secondary N) is 5. The number of hydrogen-bond donors (Lipinski definition) is 5. The van der Waals surface area contributed by atoms with Crippen LogP contribution in [-0.2, 0) is 5.79 Å². The zero-order valence-electron chi connectivity index (χ0n) is 30.6. The maximum absolute atomic E-state index is 5.34. The van der Waals surface area contributed by atoms with Crippen LogP contribution in [0.2, 0.25) is 0 Å². The van der Waals surface area contributed by atoms with E-state index < -0.39 is 5.79 Å². The first kappa shape index (κ1) is 33.0. The Hall–Kier alpha value is -5.88. The molecule has 2 aliphatic heterocycles. The summed E-state index contributed by atoms with van der Waals surface area (Å²) in [6.45, 7) is 12.9. The van der Waals surface area contributed by atoms with Crippen LogP contribution in [0.15, 0.2) is 91.0 Å². The first-order valence-corrected chi connectivity index (χ1v) is 18.2. The monoisotopic (exact) mass is 699 g/mol. The van der Waals surface area contributed by atoms with Gasteiger partial charge in [-0.3, -0.25) is 16.0 Å². The highest BCUT2D eigenvalue weighted by Gasteiger charge is 2.36. The predicted molar refractivity (Wildman–Crippen MR) is 213 cm³/mol. The van der Waals surface area contributed by atoms with E-state index in [1.807, 2.05) is 72.8 Å². The van der Waals surface area contributed by atoms with Gasteiger partial charge < -0.3 is 9.97 Å². The van der Waals surface area contributed by atoms with E-state index in [1.165, 1.54) is 0 Å². The molecule has 11 nitrogen and oxygen atoms in total. The molecule has 0 aliphatic carbocycles. The molecule has 4 aromatic carbocycles. The Balaban J connectivity index is 1.47. The summed E-state index contributed by atoms with van der Waals surface area (Å²) < 4.78 is 0. The lowest BCUT2D eigenvalue weighted by Crippen LogP contribution is -2.68. The maximum atomic E-state index is 5.34. The van der Waals surface area contributed by atoms with Crippen molar-refractivity contribution in [1.82, 2.24) is 55.8 Å². The summed E-state index contributed by atoms with van der Waals surface area (Å²) in [6, 6.07) is 31.0. The SMILES string of the molecule is CC(C)NC(NC(C)C)(NC(C)C)c1cccc2c3nc4nc(nc5[nH]c(nc6nc(nc([nH]3)c12)-c1ccccc1-6)c1ccccc51)-c1ccccc1-4. The predicted octanol–water partition coefficient (Wildman–Crippen LogP) is 7.97. The van der Waals surface area contributed by atoms with Crippen LogP contribution >= 0.6 is 0 Å². The average molecular weight is 700 g/mol. The molecule has 0 saturated heterocycles. The topological polar surface area (TPSA) is 145 Å². The van der Waals surface area contributed by atoms with Gasteiger partial charge in [0.05, 0.1) is 0 Å². The number of nitrogens with zero attached hydrogens (tertiary/aromatic N) is 6. The molecule has 5 heterocycles. The highest BCUT2D eigenvalue weighted by molar-refractivity contribution is 6.08. The Morgan fingerprint density at radius 2 is 0.774 bits per heavy atom. The van der Waals surface area contributed by atoms with Crippen molar-refractivity contribution >= 4 is 44.1 Å². The van der Waals surface area contributed by atoms with Crippen molar-refractivity contribution in [2.24, 2.45) is 0 Å². The maximum Gasteiger partial charge on any atom is 0.164 e. The number of hydrogen-bond acceptors (Lipinski definition) is 9. The van der Waals surface area contributed by atoms with E-state index in [2.05, 4.69) is 85.7 Å². The molecule has 3 aromatic heterocycles. The third-order valence-corrected chi connectivity index (χ3v) is 9.50. The van der Waals surface area contributed by atoms with E-state index in [-0.39, 0.29) is 18.1 Å². The average Bonchev–Trinajstić information content (AvgIpc) is 3.86. The van der Waals surface area contributed by atoms with Crippen molar-refractivity contribution in [3.05, 3.63) is 96.6 Å². The van der Waals surface area contributed by atoms with Gasteiger partial charge in [0.25, 0.3) is 0 Å². The Kier molecular flexibility index (Phi) is 7.88. The second-order valence-electron chi connectivity index (χ2n) is 14.6. The minimum atomic E-state index is -0.816. The fraction of sp³-hybridized carbons (Fsp3) is 0.238. The Bertz CT molecular complexity index is 2690. The summed E-state index contributed by atoms with van der Waals surface area (Å²) in [4.78, 5) is 38.2. The number of rotatable bonds is 7. The lowest BCUT2D eigenvalue weighted by atomic mass is 9.98. The van der Waals surface area contributed by atoms with Gasteiger partial charge in [-0.2, -0.15) is 0 Å². The van der Waals surface area contributed by atoms with E-state index in [4.69, 9.17) is 29.9 Å². The molecule has 0 amide bonds. The molecular weight excluding hydrogens is 659 g/mol. The van der Waals surface area contributed by atoms with Gasteiger partial charge in [0.15, 0.2) is 29.1 Å². The van der Waals surface area contributed by atoms with Crippen LogP contribution in [0.3, 0.4) is 0 Å². The van der Waals surface area contributed by atoms with E-state index in [0.717, 1.165) is 49.4 Å². The van der Waals surface area contributed by atoms with Crippen molar-refractivity contribution in [3.63, 3.8) is 0 Å². The first-order chi connectivity index (χ1) is 25.7. The molecule has 264 valence electrons. The zero-order chi connectivity index (χ0) is 36.4. The Labute approximate surface area is 306 Å². The van der Waals surface area contributed by atoms with Crippen LogP contribution in [0.4, 0.5) is 0 Å². The summed E-state index contributed by atoms with van der Waals surface area (Å²) >= 11 is 0. The van der Waals surface area contributed by atoms with Gasteiger partial charge in [-0.25, -0.2) is 29.9 Å². The van der Waals surface area contributed by atoms with E-state index in [0.29, 0.717) is 45.9 Å². The normalized spacial score (nSPS) is 12.7. The second-order valence-corrected chi connectivity index (χ2v) is 14.6. The van der Waals surface area contributed by atoms with Crippen molar-refractivity contribution < 1.29 is 0 Å². The standard InChI is InChI=1S/C42H41N11/c1-22(2)51-42(52-23(3)4,53-24(5)6)32-21-13-20-31-33(32)41-49-39-30-19-12-11-18-29(30)37(47-39)45-35-26-15-8-7-14-25(26)34(43-35)44-36-27-16-9-10-17-28(27)38(46-36)48-40(31)50-41/h7-24,51-53H,1-6H3,(H2,43,44,45,46,47,48,49,50). The van der Waals surface area contributed by atoms with Crippen molar-refractivity contribution in [2.45, 2.75) is 65.5 Å². The molecule has 0 fully saturated rings. The third-order valence-electron chi connectivity index (χ3n) is 9.50. The second kappa shape index (κ2) is 12.7.